The number of aromatic nitrogens is 1. The summed E-state index contributed by atoms with van der Waals surface area (Å²) in [6, 6.07) is 6.61. The Bertz CT molecular complexity index is 1400. The molecule has 2 fully saturated rings. The van der Waals surface area contributed by atoms with Crippen molar-refractivity contribution in [1.29, 1.82) is 0 Å². The number of hydrogen-bond acceptors (Lipinski definition) is 10. The molecule has 1 aliphatic heterocycles. The van der Waals surface area contributed by atoms with Gasteiger partial charge in [-0.15, -0.1) is 0 Å². The maximum absolute atomic E-state index is 13.7. The van der Waals surface area contributed by atoms with Gasteiger partial charge in [-0.3, -0.25) is 9.59 Å². The molecule has 41 heavy (non-hydrogen) atoms. The van der Waals surface area contributed by atoms with Crippen molar-refractivity contribution in [2.24, 2.45) is 0 Å². The van der Waals surface area contributed by atoms with Crippen LogP contribution in [-0.4, -0.2) is 86.5 Å². The molecule has 0 amide bonds. The van der Waals surface area contributed by atoms with E-state index in [9.17, 15) is 35.1 Å². The van der Waals surface area contributed by atoms with E-state index in [-0.39, 0.29) is 52.8 Å². The third-order valence-corrected chi connectivity index (χ3v) is 8.08. The van der Waals surface area contributed by atoms with Crippen molar-refractivity contribution >= 4 is 22.3 Å². The second-order valence-corrected chi connectivity index (χ2v) is 10.7. The fraction of sp³-hybridized carbons (Fsp3) is 0.467. The van der Waals surface area contributed by atoms with Crippen molar-refractivity contribution < 1.29 is 49.3 Å². The summed E-state index contributed by atoms with van der Waals surface area (Å²) in [7, 11) is 1.45. The zero-order chi connectivity index (χ0) is 29.3. The molecule has 0 unspecified atom stereocenters. The lowest BCUT2D eigenvalue weighted by molar-refractivity contribution is -0.277. The largest absolute Gasteiger partial charge is 0.506 e. The summed E-state index contributed by atoms with van der Waals surface area (Å²) in [4.78, 5) is 29.1. The highest BCUT2D eigenvalue weighted by Crippen LogP contribution is 2.46. The number of H-pyrrole nitrogens is 1. The molecular formula is C30H35NO10. The lowest BCUT2D eigenvalue weighted by Gasteiger charge is -2.39. The molecule has 1 saturated carbocycles. The first-order valence-corrected chi connectivity index (χ1v) is 13.8. The number of methoxy groups -OCH3 is 1. The molecule has 2 heterocycles. The molecule has 5 atom stereocenters. The topological polar surface area (TPSA) is 179 Å². The third-order valence-electron chi connectivity index (χ3n) is 8.08. The van der Waals surface area contributed by atoms with E-state index in [4.69, 9.17) is 14.2 Å². The second-order valence-electron chi connectivity index (χ2n) is 10.7. The number of benzene rings is 2. The monoisotopic (exact) mass is 569 g/mol. The fourth-order valence-corrected chi connectivity index (χ4v) is 5.83. The highest BCUT2D eigenvalue weighted by atomic mass is 16.7. The van der Waals surface area contributed by atoms with Gasteiger partial charge in [-0.2, -0.15) is 0 Å². The number of phenols is 1. The number of carbonyl (C=O) groups is 2. The van der Waals surface area contributed by atoms with Crippen LogP contribution in [0.5, 0.6) is 17.2 Å². The lowest BCUT2D eigenvalue weighted by Crippen LogP contribution is -2.60. The van der Waals surface area contributed by atoms with Crippen LogP contribution in [0, 0.1) is 0 Å². The maximum atomic E-state index is 13.7. The quantitative estimate of drug-likeness (QED) is 0.199. The number of carbonyl (C=O) groups excluding carboxylic acids is 2. The van der Waals surface area contributed by atoms with Crippen molar-refractivity contribution in [3.8, 4) is 17.2 Å². The number of aromatic amines is 1. The predicted octanol–water partition coefficient (Wildman–Crippen LogP) is 2.56. The zero-order valence-electron chi connectivity index (χ0n) is 22.7. The van der Waals surface area contributed by atoms with Crippen molar-refractivity contribution in [2.75, 3.05) is 13.7 Å². The van der Waals surface area contributed by atoms with Crippen LogP contribution in [0.1, 0.15) is 70.7 Å². The first-order chi connectivity index (χ1) is 19.7. The van der Waals surface area contributed by atoms with Gasteiger partial charge in [0.25, 0.3) is 0 Å². The highest BCUT2D eigenvalue weighted by Gasteiger charge is 2.45. The molecule has 11 nitrogen and oxygen atoms in total. The first-order valence-electron chi connectivity index (χ1n) is 13.8. The zero-order valence-corrected chi connectivity index (χ0v) is 22.7. The number of aromatic hydroxyl groups is 1. The summed E-state index contributed by atoms with van der Waals surface area (Å²) >= 11 is 0. The van der Waals surface area contributed by atoms with Gasteiger partial charge in [0.1, 0.15) is 41.7 Å². The average Bonchev–Trinajstić information content (AvgIpc) is 3.71. The molecule has 11 heteroatoms. The van der Waals surface area contributed by atoms with Gasteiger partial charge < -0.3 is 44.7 Å². The molecule has 0 spiro atoms. The SMILES string of the molecule is COc1cc(O[C@H]2O[C@H](CO)[C@@H](O)[C@H](O)[C@H]2O)c2c(O)c(C(=O)CCC(=O)c3cc[nH]c3)c(C3CCCC3)cc2c1. The van der Waals surface area contributed by atoms with Crippen molar-refractivity contribution in [3.63, 3.8) is 0 Å². The molecule has 6 N–H and O–H groups in total. The molecule has 2 aromatic carbocycles. The van der Waals surface area contributed by atoms with E-state index in [1.54, 1.807) is 24.5 Å². The number of ether oxygens (including phenoxy) is 3. The lowest BCUT2D eigenvalue weighted by atomic mass is 9.86. The molecule has 2 aliphatic rings. The molecule has 1 saturated heterocycles. The van der Waals surface area contributed by atoms with Crippen molar-refractivity contribution in [3.05, 3.63) is 53.3 Å². The molecular weight excluding hydrogens is 534 g/mol. The van der Waals surface area contributed by atoms with Crippen LogP contribution in [0.3, 0.4) is 0 Å². The van der Waals surface area contributed by atoms with E-state index in [1.807, 2.05) is 6.07 Å². The Labute approximate surface area is 236 Å². The van der Waals surface area contributed by atoms with E-state index in [1.165, 1.54) is 13.2 Å². The third kappa shape index (κ3) is 5.68. The van der Waals surface area contributed by atoms with Gasteiger partial charge in [0.15, 0.2) is 11.6 Å². The highest BCUT2D eigenvalue weighted by molar-refractivity contribution is 6.09. The van der Waals surface area contributed by atoms with Gasteiger partial charge in [0.2, 0.25) is 6.29 Å². The minimum atomic E-state index is -1.69. The van der Waals surface area contributed by atoms with E-state index >= 15 is 0 Å². The number of hydrogen-bond donors (Lipinski definition) is 6. The van der Waals surface area contributed by atoms with Gasteiger partial charge in [0.05, 0.1) is 24.7 Å². The summed E-state index contributed by atoms with van der Waals surface area (Å²) in [5.41, 5.74) is 1.28. The molecule has 5 rings (SSSR count). The number of rotatable bonds is 10. The number of aliphatic hydroxyl groups is 4. The van der Waals surface area contributed by atoms with Gasteiger partial charge >= 0.3 is 0 Å². The first kappa shape index (κ1) is 29.0. The summed E-state index contributed by atoms with van der Waals surface area (Å²) in [5, 5.41) is 52.9. The molecule has 0 radical (unpaired) electrons. The van der Waals surface area contributed by atoms with Crippen LogP contribution in [0.4, 0.5) is 0 Å². The van der Waals surface area contributed by atoms with Crippen LogP contribution in [0.2, 0.25) is 0 Å². The number of fused-ring (bicyclic) bond motifs is 1. The molecule has 0 bridgehead atoms. The summed E-state index contributed by atoms with van der Waals surface area (Å²) in [6.07, 6.45) is -0.894. The Morgan fingerprint density at radius 3 is 2.41 bits per heavy atom. The molecule has 3 aromatic rings. The Morgan fingerprint density at radius 1 is 1.02 bits per heavy atom. The van der Waals surface area contributed by atoms with Crippen LogP contribution >= 0.6 is 0 Å². The number of nitrogens with one attached hydrogen (secondary N) is 1. The normalized spacial score (nSPS) is 25.0. The number of ketones is 2. The van der Waals surface area contributed by atoms with Gasteiger partial charge in [-0.25, -0.2) is 0 Å². The maximum Gasteiger partial charge on any atom is 0.229 e. The van der Waals surface area contributed by atoms with Gasteiger partial charge in [-0.05, 0) is 47.9 Å². The standard InChI is InChI=1S/C30H35NO10/c1-39-18-10-17-11-19(15-4-2-3-5-15)25(21(34)7-6-20(33)16-8-9-31-13-16)27(36)24(17)22(12-18)40-30-29(38)28(37)26(35)23(14-32)41-30/h8-13,15,23,26,28-32,35-38H,2-7,14H2,1H3/t23-,26-,28+,29-,30+/m1/s1. The van der Waals surface area contributed by atoms with Crippen LogP contribution in [-0.2, 0) is 4.74 Å². The van der Waals surface area contributed by atoms with Crippen LogP contribution in [0.25, 0.3) is 10.8 Å². The molecule has 1 aromatic heterocycles. The van der Waals surface area contributed by atoms with Crippen LogP contribution < -0.4 is 9.47 Å². The molecule has 220 valence electrons. The molecule has 1 aliphatic carbocycles. The van der Waals surface area contributed by atoms with E-state index in [2.05, 4.69) is 4.98 Å². The van der Waals surface area contributed by atoms with E-state index in [0.717, 1.165) is 25.7 Å². The second kappa shape index (κ2) is 12.2. The number of aliphatic hydroxyl groups excluding tert-OH is 4. The summed E-state index contributed by atoms with van der Waals surface area (Å²) in [5.74, 6) is -0.499. The fourth-order valence-electron chi connectivity index (χ4n) is 5.83. The summed E-state index contributed by atoms with van der Waals surface area (Å²) < 4.78 is 16.9. The minimum Gasteiger partial charge on any atom is -0.506 e. The Balaban J connectivity index is 1.57. The summed E-state index contributed by atoms with van der Waals surface area (Å²) in [6.45, 7) is -0.639. The van der Waals surface area contributed by atoms with Gasteiger partial charge in [0, 0.05) is 36.9 Å². The Kier molecular flexibility index (Phi) is 8.62. The van der Waals surface area contributed by atoms with Gasteiger partial charge in [-0.1, -0.05) is 12.8 Å². The van der Waals surface area contributed by atoms with Crippen molar-refractivity contribution in [2.45, 2.75) is 75.1 Å². The predicted molar refractivity (Wildman–Crippen MR) is 146 cm³/mol. The van der Waals surface area contributed by atoms with Crippen LogP contribution in [0.15, 0.2) is 36.7 Å². The average molecular weight is 570 g/mol. The number of phenolic OH excluding ortho intramolecular Hbond substituents is 1. The Morgan fingerprint density at radius 2 is 1.76 bits per heavy atom. The Hall–Kier alpha value is -3.48. The van der Waals surface area contributed by atoms with Crippen molar-refractivity contribution in [1.82, 2.24) is 4.98 Å². The van der Waals surface area contributed by atoms with E-state index in [0.29, 0.717) is 22.3 Å². The minimum absolute atomic E-state index is 0.00315. The van der Waals surface area contributed by atoms with E-state index < -0.39 is 37.3 Å². The number of Topliss-reactive ketones (excluding diaryl/α,β-unsaturated/α-hetero) is 2. The smallest absolute Gasteiger partial charge is 0.229 e.